The van der Waals surface area contributed by atoms with Gasteiger partial charge in [0.15, 0.2) is 11.3 Å². The summed E-state index contributed by atoms with van der Waals surface area (Å²) in [5.41, 5.74) is 11.4. The Hall–Kier alpha value is -2.45. The first kappa shape index (κ1) is 24.6. The van der Waals surface area contributed by atoms with Crippen LogP contribution in [0.25, 0.3) is 0 Å². The standard InChI is InChI=1S/C21H34N4O4/c1-15(2)13-17(22)18(26)21(23,19(27)24-3)11-7-8-12-25-20(28)29-14-16-9-5-4-6-10-16/h4-6,9-10,15,17H,7-8,11-14,22-23H2,1-3H3,(H,24,27)(H,25,28)/t17-,21-/m0/s1. The van der Waals surface area contributed by atoms with Crippen LogP contribution in [0.1, 0.15) is 45.1 Å². The molecule has 162 valence electrons. The second kappa shape index (κ2) is 12.2. The van der Waals surface area contributed by atoms with Gasteiger partial charge < -0.3 is 26.8 Å². The van der Waals surface area contributed by atoms with E-state index in [0.29, 0.717) is 25.8 Å². The summed E-state index contributed by atoms with van der Waals surface area (Å²) >= 11 is 0. The number of carbonyl (C=O) groups excluding carboxylic acids is 3. The third-order valence-corrected chi connectivity index (χ3v) is 4.61. The van der Waals surface area contributed by atoms with E-state index in [1.54, 1.807) is 0 Å². The van der Waals surface area contributed by atoms with Crippen LogP contribution in [0.3, 0.4) is 0 Å². The fourth-order valence-electron chi connectivity index (χ4n) is 3.01. The van der Waals surface area contributed by atoms with Crippen molar-refractivity contribution in [2.24, 2.45) is 17.4 Å². The van der Waals surface area contributed by atoms with E-state index in [1.165, 1.54) is 7.05 Å². The van der Waals surface area contributed by atoms with Gasteiger partial charge in [0.1, 0.15) is 6.61 Å². The van der Waals surface area contributed by atoms with E-state index in [-0.39, 0.29) is 18.9 Å². The lowest BCUT2D eigenvalue weighted by atomic mass is 9.82. The minimum absolute atomic E-state index is 0.151. The Kier molecular flexibility index (Phi) is 10.3. The highest BCUT2D eigenvalue weighted by atomic mass is 16.5. The van der Waals surface area contributed by atoms with Crippen LogP contribution in [-0.4, -0.2) is 43.0 Å². The molecule has 0 aliphatic carbocycles. The molecule has 8 nitrogen and oxygen atoms in total. The Morgan fingerprint density at radius 3 is 2.38 bits per heavy atom. The van der Waals surface area contributed by atoms with Gasteiger partial charge in [-0.25, -0.2) is 4.79 Å². The Morgan fingerprint density at radius 2 is 1.79 bits per heavy atom. The van der Waals surface area contributed by atoms with Gasteiger partial charge in [0.05, 0.1) is 6.04 Å². The quantitative estimate of drug-likeness (QED) is 0.306. The Bertz CT molecular complexity index is 666. The molecule has 0 saturated carbocycles. The zero-order valence-corrected chi connectivity index (χ0v) is 17.6. The molecule has 0 bridgehead atoms. The normalized spacial score (nSPS) is 14.0. The zero-order chi connectivity index (χ0) is 21.9. The number of unbranched alkanes of at least 4 members (excludes halogenated alkanes) is 1. The average Bonchev–Trinajstić information content (AvgIpc) is 2.70. The highest BCUT2D eigenvalue weighted by Gasteiger charge is 2.43. The van der Waals surface area contributed by atoms with E-state index in [2.05, 4.69) is 10.6 Å². The van der Waals surface area contributed by atoms with Crippen molar-refractivity contribution in [1.82, 2.24) is 10.6 Å². The molecule has 6 N–H and O–H groups in total. The Morgan fingerprint density at radius 1 is 1.14 bits per heavy atom. The number of hydrogen-bond acceptors (Lipinski definition) is 6. The fraction of sp³-hybridized carbons (Fsp3) is 0.571. The molecule has 2 amide bonds. The molecule has 0 heterocycles. The topological polar surface area (TPSA) is 137 Å². The molecule has 0 fully saturated rings. The number of likely N-dealkylation sites (N-methyl/N-ethyl adjacent to an activating group) is 1. The largest absolute Gasteiger partial charge is 0.445 e. The number of nitrogens with one attached hydrogen (secondary N) is 2. The monoisotopic (exact) mass is 406 g/mol. The third-order valence-electron chi connectivity index (χ3n) is 4.61. The lowest BCUT2D eigenvalue weighted by Crippen LogP contribution is -2.63. The van der Waals surface area contributed by atoms with Gasteiger partial charge in [0.2, 0.25) is 5.91 Å². The summed E-state index contributed by atoms with van der Waals surface area (Å²) in [6.45, 7) is 4.45. The van der Waals surface area contributed by atoms with E-state index < -0.39 is 29.4 Å². The number of amides is 2. The van der Waals surface area contributed by atoms with Crippen LogP contribution >= 0.6 is 0 Å². The van der Waals surface area contributed by atoms with Gasteiger partial charge in [-0.15, -0.1) is 0 Å². The van der Waals surface area contributed by atoms with Gasteiger partial charge in [0.25, 0.3) is 0 Å². The van der Waals surface area contributed by atoms with Gasteiger partial charge in [-0.05, 0) is 37.2 Å². The molecule has 0 aromatic heterocycles. The minimum Gasteiger partial charge on any atom is -0.445 e. The lowest BCUT2D eigenvalue weighted by Gasteiger charge is -2.29. The first-order valence-electron chi connectivity index (χ1n) is 9.96. The molecule has 0 aliphatic heterocycles. The van der Waals surface area contributed by atoms with Crippen LogP contribution in [0.5, 0.6) is 0 Å². The van der Waals surface area contributed by atoms with Crippen molar-refractivity contribution in [3.8, 4) is 0 Å². The molecule has 0 aliphatic rings. The number of alkyl carbamates (subject to hydrolysis) is 1. The molecule has 0 unspecified atom stereocenters. The smallest absolute Gasteiger partial charge is 0.407 e. The molecular weight excluding hydrogens is 372 g/mol. The molecule has 29 heavy (non-hydrogen) atoms. The van der Waals surface area contributed by atoms with Crippen molar-refractivity contribution in [3.63, 3.8) is 0 Å². The first-order chi connectivity index (χ1) is 13.7. The summed E-state index contributed by atoms with van der Waals surface area (Å²) in [5.74, 6) is -0.785. The number of nitrogens with two attached hydrogens (primary N) is 2. The van der Waals surface area contributed by atoms with Crippen molar-refractivity contribution in [2.45, 2.75) is 57.7 Å². The Balaban J connectivity index is 2.43. The molecule has 1 aromatic rings. The number of carbonyl (C=O) groups is 3. The van der Waals surface area contributed by atoms with E-state index in [1.807, 2.05) is 44.2 Å². The molecule has 0 spiro atoms. The SMILES string of the molecule is CNC(=O)[C@](N)(CCCCNC(=O)OCc1ccccc1)C(=O)[C@@H](N)CC(C)C. The minimum atomic E-state index is -1.67. The first-order valence-corrected chi connectivity index (χ1v) is 9.96. The summed E-state index contributed by atoms with van der Waals surface area (Å²) < 4.78 is 5.13. The third kappa shape index (κ3) is 8.21. The van der Waals surface area contributed by atoms with E-state index in [4.69, 9.17) is 16.2 Å². The van der Waals surface area contributed by atoms with Crippen LogP contribution in [0, 0.1) is 5.92 Å². The van der Waals surface area contributed by atoms with Crippen LogP contribution in [0.4, 0.5) is 4.79 Å². The summed E-state index contributed by atoms with van der Waals surface area (Å²) in [4.78, 5) is 36.7. The van der Waals surface area contributed by atoms with E-state index in [9.17, 15) is 14.4 Å². The molecule has 1 rings (SSSR count). The molecule has 0 saturated heterocycles. The molecule has 2 atom stereocenters. The zero-order valence-electron chi connectivity index (χ0n) is 17.6. The predicted octanol–water partition coefficient (Wildman–Crippen LogP) is 1.47. The number of benzene rings is 1. The second-order valence-electron chi connectivity index (χ2n) is 7.60. The summed E-state index contributed by atoms with van der Waals surface area (Å²) in [6, 6.07) is 8.58. The van der Waals surface area contributed by atoms with Crippen molar-refractivity contribution in [1.29, 1.82) is 0 Å². The van der Waals surface area contributed by atoms with Crippen LogP contribution < -0.4 is 22.1 Å². The maximum Gasteiger partial charge on any atom is 0.407 e. The maximum atomic E-state index is 12.7. The van der Waals surface area contributed by atoms with Gasteiger partial charge in [-0.3, -0.25) is 9.59 Å². The van der Waals surface area contributed by atoms with E-state index in [0.717, 1.165) is 5.56 Å². The Labute approximate surface area is 172 Å². The summed E-state index contributed by atoms with van der Waals surface area (Å²) in [7, 11) is 1.44. The van der Waals surface area contributed by atoms with Crippen molar-refractivity contribution in [2.75, 3.05) is 13.6 Å². The second-order valence-corrected chi connectivity index (χ2v) is 7.60. The molecule has 0 radical (unpaired) electrons. The van der Waals surface area contributed by atoms with Crippen LogP contribution in [0.2, 0.25) is 0 Å². The molecule has 1 aromatic carbocycles. The van der Waals surface area contributed by atoms with Crippen LogP contribution in [0.15, 0.2) is 30.3 Å². The maximum absolute atomic E-state index is 12.7. The number of Topliss-reactive ketones (excluding diaryl/α,β-unsaturated/α-hetero) is 1. The number of rotatable bonds is 12. The van der Waals surface area contributed by atoms with Crippen molar-refractivity contribution < 1.29 is 19.1 Å². The predicted molar refractivity (Wildman–Crippen MR) is 112 cm³/mol. The lowest BCUT2D eigenvalue weighted by molar-refractivity contribution is -0.137. The van der Waals surface area contributed by atoms with E-state index >= 15 is 0 Å². The van der Waals surface area contributed by atoms with Crippen LogP contribution in [-0.2, 0) is 20.9 Å². The molecular formula is C21H34N4O4. The fourth-order valence-corrected chi connectivity index (χ4v) is 3.01. The highest BCUT2D eigenvalue weighted by Crippen LogP contribution is 2.17. The number of ether oxygens (including phenoxy) is 1. The van der Waals surface area contributed by atoms with Crippen molar-refractivity contribution in [3.05, 3.63) is 35.9 Å². The average molecular weight is 407 g/mol. The summed E-state index contributed by atoms with van der Waals surface area (Å²) in [5, 5.41) is 5.10. The number of hydrogen-bond donors (Lipinski definition) is 4. The van der Waals surface area contributed by atoms with Crippen molar-refractivity contribution >= 4 is 17.8 Å². The molecule has 8 heteroatoms. The van der Waals surface area contributed by atoms with Gasteiger partial charge >= 0.3 is 6.09 Å². The van der Waals surface area contributed by atoms with Gasteiger partial charge in [-0.1, -0.05) is 44.2 Å². The van der Waals surface area contributed by atoms with Gasteiger partial charge in [0, 0.05) is 13.6 Å². The van der Waals surface area contributed by atoms with Gasteiger partial charge in [-0.2, -0.15) is 0 Å². The summed E-state index contributed by atoms with van der Waals surface area (Å²) in [6.07, 6.45) is 1.11. The number of ketones is 1. The highest BCUT2D eigenvalue weighted by molar-refractivity contribution is 6.12.